The highest BCUT2D eigenvalue weighted by Gasteiger charge is 2.45. The maximum atomic E-state index is 11.6. The van der Waals surface area contributed by atoms with Crippen LogP contribution in [0.25, 0.3) is 0 Å². The van der Waals surface area contributed by atoms with Crippen LogP contribution in [0.15, 0.2) is 30.3 Å². The van der Waals surface area contributed by atoms with Crippen molar-refractivity contribution in [2.75, 3.05) is 19.6 Å². The van der Waals surface area contributed by atoms with E-state index in [-0.39, 0.29) is 0 Å². The zero-order valence-electron chi connectivity index (χ0n) is 13.9. The molecule has 1 amide bonds. The summed E-state index contributed by atoms with van der Waals surface area (Å²) in [5.74, 6) is 2.88. The summed E-state index contributed by atoms with van der Waals surface area (Å²) in [6.45, 7) is 2.98. The van der Waals surface area contributed by atoms with Crippen LogP contribution in [0.2, 0.25) is 0 Å². The van der Waals surface area contributed by atoms with Gasteiger partial charge >= 0.3 is 0 Å². The molecule has 3 heteroatoms. The van der Waals surface area contributed by atoms with Gasteiger partial charge in [-0.1, -0.05) is 30.3 Å². The predicted molar refractivity (Wildman–Crippen MR) is 92.2 cm³/mol. The zero-order valence-corrected chi connectivity index (χ0v) is 13.9. The van der Waals surface area contributed by atoms with Crippen LogP contribution in [0.4, 0.5) is 0 Å². The standard InChI is InChI=1S/C20H28N2O/c23-20-8-4-10-22(20)11-5-9-21-19-14-16-12-17(19)13-18(16)15-6-2-1-3-7-15/h1-3,6-7,16-19,21H,4-5,8-14H2/t16-,17-,18+,19?/m0/s1. The molecule has 1 aromatic carbocycles. The Morgan fingerprint density at radius 1 is 1.09 bits per heavy atom. The molecule has 4 rings (SSSR count). The molecule has 2 aliphatic carbocycles. The minimum Gasteiger partial charge on any atom is -0.343 e. The first kappa shape index (κ1) is 15.2. The minimum atomic E-state index is 0.357. The van der Waals surface area contributed by atoms with Crippen molar-refractivity contribution in [1.82, 2.24) is 10.2 Å². The van der Waals surface area contributed by atoms with E-state index in [1.165, 1.54) is 19.3 Å². The smallest absolute Gasteiger partial charge is 0.222 e. The second kappa shape index (κ2) is 6.64. The Kier molecular flexibility index (Phi) is 4.39. The number of nitrogens with zero attached hydrogens (tertiary/aromatic N) is 1. The first-order valence-electron chi connectivity index (χ1n) is 9.37. The quantitative estimate of drug-likeness (QED) is 0.818. The maximum absolute atomic E-state index is 11.6. The molecule has 1 heterocycles. The number of hydrogen-bond acceptors (Lipinski definition) is 2. The van der Waals surface area contributed by atoms with Crippen molar-refractivity contribution in [3.63, 3.8) is 0 Å². The lowest BCUT2D eigenvalue weighted by atomic mass is 9.81. The molecule has 3 aliphatic rings. The molecule has 1 unspecified atom stereocenters. The summed E-state index contributed by atoms with van der Waals surface area (Å²) in [5, 5.41) is 3.79. The van der Waals surface area contributed by atoms with Gasteiger partial charge in [0.1, 0.15) is 0 Å². The van der Waals surface area contributed by atoms with E-state index in [4.69, 9.17) is 0 Å². The highest BCUT2D eigenvalue weighted by molar-refractivity contribution is 5.77. The summed E-state index contributed by atoms with van der Waals surface area (Å²) >= 11 is 0. The fourth-order valence-electron chi connectivity index (χ4n) is 5.13. The van der Waals surface area contributed by atoms with Gasteiger partial charge in [0.15, 0.2) is 0 Å². The van der Waals surface area contributed by atoms with Gasteiger partial charge in [-0.15, -0.1) is 0 Å². The van der Waals surface area contributed by atoms with Crippen LogP contribution < -0.4 is 5.32 Å². The van der Waals surface area contributed by atoms with Gasteiger partial charge in [-0.05, 0) is 62.0 Å². The molecule has 23 heavy (non-hydrogen) atoms. The number of rotatable bonds is 6. The van der Waals surface area contributed by atoms with Gasteiger partial charge in [-0.25, -0.2) is 0 Å². The molecule has 4 atom stereocenters. The van der Waals surface area contributed by atoms with Crippen LogP contribution in [0.3, 0.4) is 0 Å². The zero-order chi connectivity index (χ0) is 15.6. The van der Waals surface area contributed by atoms with Crippen LogP contribution in [0.5, 0.6) is 0 Å². The second-order valence-corrected chi connectivity index (χ2v) is 7.64. The van der Waals surface area contributed by atoms with E-state index < -0.39 is 0 Å². The van der Waals surface area contributed by atoms with E-state index in [0.29, 0.717) is 11.9 Å². The van der Waals surface area contributed by atoms with Crippen LogP contribution in [-0.4, -0.2) is 36.5 Å². The van der Waals surface area contributed by atoms with E-state index in [1.807, 2.05) is 4.90 Å². The fraction of sp³-hybridized carbons (Fsp3) is 0.650. The largest absolute Gasteiger partial charge is 0.343 e. The van der Waals surface area contributed by atoms with Gasteiger partial charge in [0.25, 0.3) is 0 Å². The molecule has 2 bridgehead atoms. The minimum absolute atomic E-state index is 0.357. The Bertz CT molecular complexity index is 544. The second-order valence-electron chi connectivity index (χ2n) is 7.64. The highest BCUT2D eigenvalue weighted by Crippen LogP contribution is 2.52. The van der Waals surface area contributed by atoms with Gasteiger partial charge in [0.05, 0.1) is 0 Å². The Hall–Kier alpha value is -1.35. The molecule has 3 nitrogen and oxygen atoms in total. The van der Waals surface area contributed by atoms with Gasteiger partial charge in [-0.3, -0.25) is 4.79 Å². The number of benzene rings is 1. The van der Waals surface area contributed by atoms with Crippen LogP contribution in [-0.2, 0) is 4.79 Å². The Morgan fingerprint density at radius 3 is 2.65 bits per heavy atom. The predicted octanol–water partition coefficient (Wildman–Crippen LogP) is 3.17. The van der Waals surface area contributed by atoms with E-state index >= 15 is 0 Å². The Labute approximate surface area is 139 Å². The lowest BCUT2D eigenvalue weighted by Crippen LogP contribution is -2.37. The molecule has 0 spiro atoms. The third-order valence-corrected chi connectivity index (χ3v) is 6.27. The van der Waals surface area contributed by atoms with Crippen molar-refractivity contribution in [3.8, 4) is 0 Å². The highest BCUT2D eigenvalue weighted by atomic mass is 16.2. The van der Waals surface area contributed by atoms with E-state index in [0.717, 1.165) is 56.7 Å². The fourth-order valence-corrected chi connectivity index (χ4v) is 5.13. The number of amides is 1. The summed E-state index contributed by atoms with van der Waals surface area (Å²) in [5.41, 5.74) is 1.55. The van der Waals surface area contributed by atoms with E-state index in [2.05, 4.69) is 35.6 Å². The molecule has 124 valence electrons. The number of carbonyl (C=O) groups is 1. The summed E-state index contributed by atoms with van der Waals surface area (Å²) in [6.07, 6.45) is 7.02. The van der Waals surface area contributed by atoms with Crippen molar-refractivity contribution < 1.29 is 4.79 Å². The lowest BCUT2D eigenvalue weighted by Gasteiger charge is -2.29. The molecule has 0 aromatic heterocycles. The van der Waals surface area contributed by atoms with Gasteiger partial charge in [0.2, 0.25) is 5.91 Å². The molecule has 1 aromatic rings. The van der Waals surface area contributed by atoms with Gasteiger partial charge < -0.3 is 10.2 Å². The summed E-state index contributed by atoms with van der Waals surface area (Å²) in [7, 11) is 0. The maximum Gasteiger partial charge on any atom is 0.222 e. The van der Waals surface area contributed by atoms with Crippen molar-refractivity contribution in [3.05, 3.63) is 35.9 Å². The summed E-state index contributed by atoms with van der Waals surface area (Å²) in [6, 6.07) is 11.8. The SMILES string of the molecule is O=C1CCCN1CCCNC1C[C@@H]2C[C@H]1C[C@@H]2c1ccccc1. The molecule has 0 radical (unpaired) electrons. The van der Waals surface area contributed by atoms with E-state index in [1.54, 1.807) is 5.56 Å². The van der Waals surface area contributed by atoms with Crippen molar-refractivity contribution >= 4 is 5.91 Å². The van der Waals surface area contributed by atoms with Crippen LogP contribution >= 0.6 is 0 Å². The van der Waals surface area contributed by atoms with Crippen molar-refractivity contribution in [2.24, 2.45) is 11.8 Å². The normalized spacial score (nSPS) is 32.9. The molecular formula is C20H28N2O. The van der Waals surface area contributed by atoms with Crippen LogP contribution in [0.1, 0.15) is 50.0 Å². The first-order chi connectivity index (χ1) is 11.3. The topological polar surface area (TPSA) is 32.3 Å². The molecular weight excluding hydrogens is 284 g/mol. The molecule has 2 saturated carbocycles. The monoisotopic (exact) mass is 312 g/mol. The number of nitrogens with one attached hydrogen (secondary N) is 1. The summed E-state index contributed by atoms with van der Waals surface area (Å²) < 4.78 is 0. The van der Waals surface area contributed by atoms with Gasteiger partial charge in [-0.2, -0.15) is 0 Å². The van der Waals surface area contributed by atoms with E-state index in [9.17, 15) is 4.79 Å². The molecule has 1 saturated heterocycles. The first-order valence-corrected chi connectivity index (χ1v) is 9.37. The van der Waals surface area contributed by atoms with Crippen molar-refractivity contribution in [1.29, 1.82) is 0 Å². The van der Waals surface area contributed by atoms with Gasteiger partial charge in [0, 0.05) is 25.6 Å². The number of hydrogen-bond donors (Lipinski definition) is 1. The third kappa shape index (κ3) is 3.16. The molecule has 3 fully saturated rings. The molecule has 1 aliphatic heterocycles. The van der Waals surface area contributed by atoms with Crippen LogP contribution in [0, 0.1) is 11.8 Å². The average Bonchev–Trinajstić information content (AvgIpc) is 3.28. The number of fused-ring (bicyclic) bond motifs is 2. The Morgan fingerprint density at radius 2 is 1.96 bits per heavy atom. The lowest BCUT2D eigenvalue weighted by molar-refractivity contribution is -0.127. The summed E-state index contributed by atoms with van der Waals surface area (Å²) in [4.78, 5) is 13.6. The number of likely N-dealkylation sites (tertiary alicyclic amines) is 1. The average molecular weight is 312 g/mol. The van der Waals surface area contributed by atoms with Crippen molar-refractivity contribution in [2.45, 2.75) is 50.5 Å². The third-order valence-electron chi connectivity index (χ3n) is 6.27. The number of carbonyl (C=O) groups excluding carboxylic acids is 1. The molecule has 1 N–H and O–H groups in total. The Balaban J connectivity index is 1.21.